The molecule has 0 saturated heterocycles. The number of pyridine rings is 1. The van der Waals surface area contributed by atoms with E-state index in [2.05, 4.69) is 0 Å². The molecule has 5 aromatic rings. The summed E-state index contributed by atoms with van der Waals surface area (Å²) < 4.78 is 102. The first kappa shape index (κ1) is 15.1. The number of fused-ring (bicyclic) bond motifs is 2. The van der Waals surface area contributed by atoms with E-state index in [1.165, 1.54) is 18.2 Å². The third-order valence-corrected chi connectivity index (χ3v) is 8.09. The van der Waals surface area contributed by atoms with Crippen molar-refractivity contribution in [2.24, 2.45) is 7.05 Å². The first-order chi connectivity index (χ1) is 23.6. The average Bonchev–Trinajstić information content (AvgIpc) is 3.02. The summed E-state index contributed by atoms with van der Waals surface area (Å²) in [5, 5.41) is 0. The van der Waals surface area contributed by atoms with E-state index < -0.39 is 40.8 Å². The average molecular weight is 516 g/mol. The molecule has 2 heterocycles. The fourth-order valence-electron chi connectivity index (χ4n) is 6.34. The second-order valence-corrected chi connectivity index (χ2v) is 10.5. The van der Waals surface area contributed by atoms with Crippen molar-refractivity contribution in [2.45, 2.75) is 41.3 Å². The van der Waals surface area contributed by atoms with Crippen LogP contribution in [0.25, 0.3) is 11.3 Å². The summed E-state index contributed by atoms with van der Waals surface area (Å²) in [5.41, 5.74) is 6.82. The Morgan fingerprint density at radius 3 is 1.69 bits per heavy atom. The van der Waals surface area contributed by atoms with E-state index in [4.69, 9.17) is 16.4 Å². The molecule has 0 unspecified atom stereocenters. The number of nitrogens with zero attached hydrogens (tertiary/aromatic N) is 1. The quantitative estimate of drug-likeness (QED) is 0.251. The lowest BCUT2D eigenvalue weighted by Crippen LogP contribution is -2.76. The predicted molar refractivity (Wildman–Crippen MR) is 170 cm³/mol. The molecule has 0 radical (unpaired) electrons. The lowest BCUT2D eigenvalue weighted by atomic mass is 9.20. The number of hydrogen-bond acceptors (Lipinski definition) is 0. The van der Waals surface area contributed by atoms with Gasteiger partial charge in [-0.15, -0.1) is 0 Å². The Morgan fingerprint density at radius 1 is 0.564 bits per heavy atom. The standard InChI is InChI=1S/C36H36B2N/c1-23-18-19-34(39(7)22-23)29-21-33-32(20-28(29)6)37(35-24(2)12-10-13-25(35)3)30-16-8-9-17-31(30)38(33)36-26(4)14-11-15-27(36)5/h8-22H,1-7H3/q+1/i1D3,2D3,4D3,5D3. The van der Waals surface area contributed by atoms with Crippen LogP contribution in [-0.4, -0.2) is 13.4 Å². The van der Waals surface area contributed by atoms with Crippen molar-refractivity contribution in [1.29, 1.82) is 0 Å². The highest BCUT2D eigenvalue weighted by molar-refractivity contribution is 7.11. The Bertz CT molecular complexity index is 2130. The van der Waals surface area contributed by atoms with Crippen LogP contribution in [0.5, 0.6) is 0 Å². The van der Waals surface area contributed by atoms with Gasteiger partial charge in [0.1, 0.15) is 7.05 Å². The topological polar surface area (TPSA) is 3.88 Å². The third kappa shape index (κ3) is 4.16. The summed E-state index contributed by atoms with van der Waals surface area (Å²) in [6, 6.07) is 24.3. The molecular formula is C36H36B2N+. The maximum absolute atomic E-state index is 8.55. The van der Waals surface area contributed by atoms with Gasteiger partial charge in [0.25, 0.3) is 0 Å². The molecule has 190 valence electrons. The van der Waals surface area contributed by atoms with Crippen LogP contribution < -0.4 is 37.3 Å². The highest BCUT2D eigenvalue weighted by atomic mass is 14.9. The molecule has 4 aromatic carbocycles. The Kier molecular flexibility index (Phi) is 3.76. The van der Waals surface area contributed by atoms with Crippen molar-refractivity contribution in [3.63, 3.8) is 0 Å². The van der Waals surface area contributed by atoms with Gasteiger partial charge in [-0.05, 0) is 52.9 Å². The Hall–Kier alpha value is -3.84. The van der Waals surface area contributed by atoms with E-state index >= 15 is 0 Å². The largest absolute Gasteiger partial charge is 0.240 e. The second kappa shape index (κ2) is 9.72. The maximum atomic E-state index is 8.55. The monoisotopic (exact) mass is 516 g/mol. The van der Waals surface area contributed by atoms with Crippen molar-refractivity contribution in [3.05, 3.63) is 125 Å². The van der Waals surface area contributed by atoms with Gasteiger partial charge in [0.2, 0.25) is 19.1 Å². The van der Waals surface area contributed by atoms with E-state index in [0.29, 0.717) is 22.1 Å². The molecular weight excluding hydrogens is 468 g/mol. The summed E-state index contributed by atoms with van der Waals surface area (Å²) in [4.78, 5) is 0. The lowest BCUT2D eigenvalue weighted by molar-refractivity contribution is -0.660. The van der Waals surface area contributed by atoms with Gasteiger partial charge in [0, 0.05) is 33.6 Å². The Balaban J connectivity index is 1.78. The number of hydrogen-bond donors (Lipinski definition) is 0. The molecule has 1 nitrogen and oxygen atoms in total. The SMILES string of the molecule is [2H]C([2H])([2H])c1ccc(-c2cc3c(cc2C)B(c2c(C)cccc2C([2H])([2H])[2H])c2ccccc2B3c2c(C([2H])([2H])[2H])cccc2C([2H])([2H])[2H])[n+](C)c1. The van der Waals surface area contributed by atoms with Crippen molar-refractivity contribution in [2.75, 3.05) is 0 Å². The number of aromatic nitrogens is 1. The molecule has 0 aliphatic carbocycles. The first-order valence-corrected chi connectivity index (χ1v) is 13.1. The van der Waals surface area contributed by atoms with E-state index in [1.54, 1.807) is 42.1 Å². The normalized spacial score (nSPS) is 18.2. The van der Waals surface area contributed by atoms with Crippen LogP contribution in [0, 0.1) is 41.3 Å². The van der Waals surface area contributed by atoms with E-state index in [9.17, 15) is 0 Å². The highest BCUT2D eigenvalue weighted by Gasteiger charge is 2.41. The van der Waals surface area contributed by atoms with Crippen LogP contribution in [0.4, 0.5) is 0 Å². The molecule has 1 aliphatic heterocycles. The Morgan fingerprint density at radius 2 is 1.13 bits per heavy atom. The van der Waals surface area contributed by atoms with Crippen LogP contribution in [0.1, 0.15) is 49.8 Å². The molecule has 1 aliphatic rings. The minimum absolute atomic E-state index is 0.0749. The second-order valence-electron chi connectivity index (χ2n) is 10.5. The molecule has 0 saturated carbocycles. The van der Waals surface area contributed by atoms with E-state index in [1.807, 2.05) is 56.3 Å². The molecule has 0 fully saturated rings. The van der Waals surface area contributed by atoms with E-state index in [0.717, 1.165) is 27.6 Å². The van der Waals surface area contributed by atoms with Gasteiger partial charge in [-0.1, -0.05) is 128 Å². The summed E-state index contributed by atoms with van der Waals surface area (Å²) in [5.74, 6) is 0. The zero-order chi connectivity index (χ0) is 37.4. The molecule has 0 atom stereocenters. The van der Waals surface area contributed by atoms with Gasteiger partial charge < -0.3 is 0 Å². The maximum Gasteiger partial charge on any atom is 0.240 e. The highest BCUT2D eigenvalue weighted by Crippen LogP contribution is 2.21. The van der Waals surface area contributed by atoms with Gasteiger partial charge in [-0.2, -0.15) is 0 Å². The van der Waals surface area contributed by atoms with Crippen LogP contribution in [-0.2, 0) is 7.05 Å². The van der Waals surface area contributed by atoms with Crippen LogP contribution >= 0.6 is 0 Å². The van der Waals surface area contributed by atoms with Crippen molar-refractivity contribution in [3.8, 4) is 11.3 Å². The van der Waals surface area contributed by atoms with Gasteiger partial charge in [-0.25, -0.2) is 4.57 Å². The zero-order valence-electron chi connectivity index (χ0n) is 34.3. The van der Waals surface area contributed by atoms with Crippen LogP contribution in [0.15, 0.2) is 91.1 Å². The lowest BCUT2D eigenvalue weighted by Gasteiger charge is -2.35. The smallest absolute Gasteiger partial charge is 0.201 e. The zero-order valence-corrected chi connectivity index (χ0v) is 22.3. The summed E-state index contributed by atoms with van der Waals surface area (Å²) >= 11 is 0. The van der Waals surface area contributed by atoms with Gasteiger partial charge in [0.15, 0.2) is 6.20 Å². The fraction of sp³-hybridized carbons (Fsp3) is 0.194. The van der Waals surface area contributed by atoms with Crippen molar-refractivity contribution < 1.29 is 21.0 Å². The summed E-state index contributed by atoms with van der Waals surface area (Å²) in [7, 11) is 1.76. The number of rotatable bonds is 3. The van der Waals surface area contributed by atoms with Crippen LogP contribution in [0.3, 0.4) is 0 Å². The molecule has 0 spiro atoms. The molecule has 39 heavy (non-hydrogen) atoms. The summed E-state index contributed by atoms with van der Waals surface area (Å²) in [6.45, 7) is -7.71. The molecule has 3 heteroatoms. The minimum atomic E-state index is -2.65. The van der Waals surface area contributed by atoms with E-state index in [-0.39, 0.29) is 27.7 Å². The molecule has 1 aromatic heterocycles. The number of aryl methyl sites for hydroxylation is 7. The molecule has 0 N–H and O–H groups in total. The number of benzene rings is 4. The van der Waals surface area contributed by atoms with Gasteiger partial charge in [-0.3, -0.25) is 0 Å². The molecule has 6 rings (SSSR count). The van der Waals surface area contributed by atoms with Crippen molar-refractivity contribution in [1.82, 2.24) is 0 Å². The van der Waals surface area contributed by atoms with Gasteiger partial charge >= 0.3 is 0 Å². The minimum Gasteiger partial charge on any atom is -0.201 e. The predicted octanol–water partition coefficient (Wildman–Crippen LogP) is 3.37. The summed E-state index contributed by atoms with van der Waals surface area (Å²) in [6.07, 6.45) is 1.56. The Labute approximate surface area is 251 Å². The van der Waals surface area contributed by atoms with Crippen molar-refractivity contribution >= 4 is 46.2 Å². The molecule has 0 bridgehead atoms. The molecule has 0 amide bonds. The fourth-order valence-corrected chi connectivity index (χ4v) is 6.34. The van der Waals surface area contributed by atoms with Crippen LogP contribution in [0.2, 0.25) is 0 Å². The first-order valence-electron chi connectivity index (χ1n) is 19.1. The third-order valence-electron chi connectivity index (χ3n) is 8.09. The van der Waals surface area contributed by atoms with Gasteiger partial charge in [0.05, 0.1) is 0 Å².